The topological polar surface area (TPSA) is 37.3 Å². The second-order valence-electron chi connectivity index (χ2n) is 5.07. The van der Waals surface area contributed by atoms with Crippen LogP contribution in [0.1, 0.15) is 28.2 Å². The van der Waals surface area contributed by atoms with Gasteiger partial charge in [0.25, 0.3) is 0 Å². The molecular formula is C17H17ClO2. The molecule has 0 aliphatic heterocycles. The Morgan fingerprint density at radius 3 is 2.50 bits per heavy atom. The zero-order chi connectivity index (χ0) is 14.7. The Morgan fingerprint density at radius 1 is 1.15 bits per heavy atom. The first-order valence-corrected chi connectivity index (χ1v) is 6.89. The highest BCUT2D eigenvalue weighted by Crippen LogP contribution is 2.24. The van der Waals surface area contributed by atoms with E-state index in [9.17, 15) is 9.90 Å². The highest BCUT2D eigenvalue weighted by molar-refractivity contribution is 6.30. The van der Waals surface area contributed by atoms with Gasteiger partial charge in [0.1, 0.15) is 0 Å². The highest BCUT2D eigenvalue weighted by atomic mass is 35.5. The molecule has 0 radical (unpaired) electrons. The number of hydrogen-bond acceptors (Lipinski definition) is 1. The van der Waals surface area contributed by atoms with Crippen LogP contribution < -0.4 is 0 Å². The van der Waals surface area contributed by atoms with Gasteiger partial charge in [0.2, 0.25) is 0 Å². The van der Waals surface area contributed by atoms with Crippen molar-refractivity contribution in [2.45, 2.75) is 26.2 Å². The molecule has 3 heteroatoms. The van der Waals surface area contributed by atoms with Crippen LogP contribution >= 0.6 is 11.6 Å². The summed E-state index contributed by atoms with van der Waals surface area (Å²) in [6, 6.07) is 13.1. The van der Waals surface area contributed by atoms with Crippen LogP contribution in [0.4, 0.5) is 0 Å². The Bertz CT molecular complexity index is 635. The van der Waals surface area contributed by atoms with E-state index in [0.29, 0.717) is 11.4 Å². The van der Waals surface area contributed by atoms with Crippen LogP contribution in [0.5, 0.6) is 0 Å². The van der Waals surface area contributed by atoms with E-state index >= 15 is 0 Å². The van der Waals surface area contributed by atoms with Crippen LogP contribution in [0.2, 0.25) is 5.02 Å². The second kappa shape index (κ2) is 6.10. The molecule has 0 aliphatic rings. The molecular weight excluding hydrogens is 272 g/mol. The molecule has 2 aromatic rings. The maximum atomic E-state index is 11.5. The third kappa shape index (κ3) is 3.40. The maximum absolute atomic E-state index is 11.5. The van der Waals surface area contributed by atoms with Crippen LogP contribution in [0.3, 0.4) is 0 Å². The number of carboxylic acid groups (broad SMARTS) is 1. The van der Waals surface area contributed by atoms with Crippen molar-refractivity contribution < 1.29 is 9.90 Å². The van der Waals surface area contributed by atoms with Crippen molar-refractivity contribution in [1.82, 2.24) is 0 Å². The minimum atomic E-state index is -0.828. The van der Waals surface area contributed by atoms with Gasteiger partial charge >= 0.3 is 5.97 Å². The Kier molecular flexibility index (Phi) is 4.46. The first-order valence-electron chi connectivity index (χ1n) is 6.52. The molecule has 0 amide bonds. The Labute approximate surface area is 124 Å². The standard InChI is InChI=1S/C17H17ClO2/c1-11-6-7-13(8-12(11)2)9-16(17(19)20)14-4-3-5-15(18)10-14/h3-8,10,16H,9H2,1-2H3,(H,19,20)/t16-/m0/s1. The number of aryl methyl sites for hydroxylation is 2. The van der Waals surface area contributed by atoms with Crippen molar-refractivity contribution in [2.24, 2.45) is 0 Å². The average Bonchev–Trinajstić information content (AvgIpc) is 2.39. The molecule has 0 saturated carbocycles. The van der Waals surface area contributed by atoms with Crippen LogP contribution in [-0.4, -0.2) is 11.1 Å². The number of rotatable bonds is 4. The summed E-state index contributed by atoms with van der Waals surface area (Å²) in [7, 11) is 0. The second-order valence-corrected chi connectivity index (χ2v) is 5.51. The largest absolute Gasteiger partial charge is 0.481 e. The Hall–Kier alpha value is -1.80. The molecule has 1 atom stereocenters. The van der Waals surface area contributed by atoms with Crippen molar-refractivity contribution in [1.29, 1.82) is 0 Å². The van der Waals surface area contributed by atoms with Gasteiger partial charge in [-0.25, -0.2) is 0 Å². The van der Waals surface area contributed by atoms with E-state index in [0.717, 1.165) is 11.1 Å². The summed E-state index contributed by atoms with van der Waals surface area (Å²) in [5, 5.41) is 10.0. The van der Waals surface area contributed by atoms with Gasteiger partial charge in [-0.1, -0.05) is 41.9 Å². The summed E-state index contributed by atoms with van der Waals surface area (Å²) in [6.07, 6.45) is 0.469. The quantitative estimate of drug-likeness (QED) is 0.907. The molecule has 20 heavy (non-hydrogen) atoms. The lowest BCUT2D eigenvalue weighted by atomic mass is 9.91. The molecule has 0 bridgehead atoms. The number of aliphatic carboxylic acids is 1. The highest BCUT2D eigenvalue weighted by Gasteiger charge is 2.20. The van der Waals surface area contributed by atoms with Crippen molar-refractivity contribution in [2.75, 3.05) is 0 Å². The Balaban J connectivity index is 2.30. The summed E-state index contributed by atoms with van der Waals surface area (Å²) in [5.74, 6) is -1.40. The van der Waals surface area contributed by atoms with Gasteiger partial charge in [-0.15, -0.1) is 0 Å². The third-order valence-electron chi connectivity index (χ3n) is 3.56. The fourth-order valence-electron chi connectivity index (χ4n) is 2.24. The predicted molar refractivity (Wildman–Crippen MR) is 81.4 cm³/mol. The summed E-state index contributed by atoms with van der Waals surface area (Å²) < 4.78 is 0. The molecule has 1 N–H and O–H groups in total. The van der Waals surface area contributed by atoms with Gasteiger partial charge in [0, 0.05) is 5.02 Å². The van der Waals surface area contributed by atoms with Crippen LogP contribution in [0.15, 0.2) is 42.5 Å². The normalized spacial score (nSPS) is 12.2. The van der Waals surface area contributed by atoms with Crippen molar-refractivity contribution in [3.63, 3.8) is 0 Å². The minimum absolute atomic E-state index is 0.469. The third-order valence-corrected chi connectivity index (χ3v) is 3.80. The van der Waals surface area contributed by atoms with Gasteiger partial charge in [-0.2, -0.15) is 0 Å². The smallest absolute Gasteiger partial charge is 0.311 e. The first kappa shape index (κ1) is 14.6. The molecule has 0 heterocycles. The molecule has 0 fully saturated rings. The fraction of sp³-hybridized carbons (Fsp3) is 0.235. The molecule has 2 rings (SSSR count). The Morgan fingerprint density at radius 2 is 1.90 bits per heavy atom. The van der Waals surface area contributed by atoms with Gasteiger partial charge in [0.15, 0.2) is 0 Å². The van der Waals surface area contributed by atoms with Crippen LogP contribution in [-0.2, 0) is 11.2 Å². The monoisotopic (exact) mass is 288 g/mol. The molecule has 2 aromatic carbocycles. The number of carboxylic acids is 1. The first-order chi connectivity index (χ1) is 9.47. The summed E-state index contributed by atoms with van der Waals surface area (Å²) in [5.41, 5.74) is 4.16. The lowest BCUT2D eigenvalue weighted by molar-refractivity contribution is -0.138. The van der Waals surface area contributed by atoms with Crippen LogP contribution in [0, 0.1) is 13.8 Å². The SMILES string of the molecule is Cc1ccc(C[C@H](C(=O)O)c2cccc(Cl)c2)cc1C. The zero-order valence-electron chi connectivity index (χ0n) is 11.6. The van der Waals surface area contributed by atoms with E-state index in [1.165, 1.54) is 11.1 Å². The van der Waals surface area contributed by atoms with E-state index in [2.05, 4.69) is 6.07 Å². The van der Waals surface area contributed by atoms with Crippen molar-refractivity contribution >= 4 is 17.6 Å². The summed E-state index contributed by atoms with van der Waals surface area (Å²) in [6.45, 7) is 4.08. The van der Waals surface area contributed by atoms with E-state index in [-0.39, 0.29) is 0 Å². The fourth-order valence-corrected chi connectivity index (χ4v) is 2.44. The average molecular weight is 289 g/mol. The van der Waals surface area contributed by atoms with E-state index in [1.54, 1.807) is 18.2 Å². The van der Waals surface area contributed by atoms with Gasteiger partial charge in [-0.3, -0.25) is 4.79 Å². The lowest BCUT2D eigenvalue weighted by Gasteiger charge is -2.14. The van der Waals surface area contributed by atoms with E-state index in [4.69, 9.17) is 11.6 Å². The van der Waals surface area contributed by atoms with Crippen molar-refractivity contribution in [3.05, 3.63) is 69.7 Å². The van der Waals surface area contributed by atoms with Gasteiger partial charge in [-0.05, 0) is 54.7 Å². The van der Waals surface area contributed by atoms with Gasteiger partial charge in [0.05, 0.1) is 5.92 Å². The molecule has 2 nitrogen and oxygen atoms in total. The molecule has 0 spiro atoms. The maximum Gasteiger partial charge on any atom is 0.311 e. The number of hydrogen-bond donors (Lipinski definition) is 1. The van der Waals surface area contributed by atoms with Gasteiger partial charge < -0.3 is 5.11 Å². The molecule has 0 saturated heterocycles. The predicted octanol–water partition coefficient (Wildman–Crippen LogP) is 4.37. The van der Waals surface area contributed by atoms with E-state index < -0.39 is 11.9 Å². The minimum Gasteiger partial charge on any atom is -0.481 e. The number of halogens is 1. The molecule has 0 aliphatic carbocycles. The number of benzene rings is 2. The lowest BCUT2D eigenvalue weighted by Crippen LogP contribution is -2.14. The summed E-state index contributed by atoms with van der Waals surface area (Å²) >= 11 is 5.95. The zero-order valence-corrected chi connectivity index (χ0v) is 12.3. The molecule has 0 aromatic heterocycles. The summed E-state index contributed by atoms with van der Waals surface area (Å²) in [4.78, 5) is 11.5. The van der Waals surface area contributed by atoms with E-state index in [1.807, 2.05) is 32.0 Å². The number of carbonyl (C=O) groups is 1. The van der Waals surface area contributed by atoms with Crippen LogP contribution in [0.25, 0.3) is 0 Å². The molecule has 104 valence electrons. The molecule has 0 unspecified atom stereocenters. The van der Waals surface area contributed by atoms with Crippen molar-refractivity contribution in [3.8, 4) is 0 Å².